The third-order valence-electron chi connectivity index (χ3n) is 3.87. The van der Waals surface area contributed by atoms with Gasteiger partial charge in [-0.1, -0.05) is 35.9 Å². The first-order valence-corrected chi connectivity index (χ1v) is 10.5. The van der Waals surface area contributed by atoms with E-state index in [0.717, 1.165) is 11.8 Å². The number of para-hydroxylation sites is 2. The largest absolute Gasteiger partial charge is 0.493 e. The van der Waals surface area contributed by atoms with Gasteiger partial charge in [0, 0.05) is 5.56 Å². The average Bonchev–Trinajstić information content (AvgIpc) is 2.68. The molecule has 0 aliphatic heterocycles. The smallest absolute Gasteiger partial charge is 0.263 e. The number of benzene rings is 2. The van der Waals surface area contributed by atoms with Crippen molar-refractivity contribution in [3.05, 3.63) is 54.1 Å². The maximum atomic E-state index is 11.9. The summed E-state index contributed by atoms with van der Waals surface area (Å²) in [5.74, 6) is 1.18. The van der Waals surface area contributed by atoms with Crippen LogP contribution in [0.5, 0.6) is 23.1 Å². The van der Waals surface area contributed by atoms with Crippen LogP contribution in [-0.2, 0) is 10.0 Å². The van der Waals surface area contributed by atoms with Crippen molar-refractivity contribution in [3.63, 3.8) is 0 Å². The van der Waals surface area contributed by atoms with Gasteiger partial charge >= 0.3 is 0 Å². The number of nitrogens with one attached hydrogen (secondary N) is 1. The van der Waals surface area contributed by atoms with E-state index in [1.165, 1.54) is 14.2 Å². The quantitative estimate of drug-likeness (QED) is 0.629. The van der Waals surface area contributed by atoms with E-state index in [1.54, 1.807) is 24.3 Å². The Morgan fingerprint density at radius 3 is 2.28 bits per heavy atom. The number of nitrogens with zero attached hydrogens (tertiary/aromatic N) is 2. The summed E-state index contributed by atoms with van der Waals surface area (Å²) in [6.07, 6.45) is 1.03. The van der Waals surface area contributed by atoms with E-state index in [4.69, 9.17) is 14.2 Å². The Labute approximate surface area is 169 Å². The van der Waals surface area contributed by atoms with Gasteiger partial charge in [-0.2, -0.15) is 4.98 Å². The second kappa shape index (κ2) is 8.36. The molecule has 0 saturated carbocycles. The maximum Gasteiger partial charge on any atom is 0.263 e. The number of hydrogen-bond acceptors (Lipinski definition) is 7. The molecule has 0 bridgehead atoms. The van der Waals surface area contributed by atoms with E-state index in [1.807, 2.05) is 31.2 Å². The van der Waals surface area contributed by atoms with Crippen molar-refractivity contribution in [2.75, 3.05) is 25.2 Å². The number of methoxy groups -OCH3 is 2. The molecule has 8 nitrogen and oxygen atoms in total. The molecular weight excluding hydrogens is 394 g/mol. The van der Waals surface area contributed by atoms with E-state index in [2.05, 4.69) is 14.7 Å². The molecule has 0 aliphatic rings. The minimum atomic E-state index is -3.65. The molecule has 3 rings (SSSR count). The second-order valence-electron chi connectivity index (χ2n) is 6.23. The van der Waals surface area contributed by atoms with Crippen LogP contribution in [-0.4, -0.2) is 38.9 Å². The monoisotopic (exact) mass is 415 g/mol. The molecule has 0 aliphatic carbocycles. The Morgan fingerprint density at radius 1 is 0.931 bits per heavy atom. The highest BCUT2D eigenvalue weighted by Gasteiger charge is 2.22. The van der Waals surface area contributed by atoms with E-state index in [9.17, 15) is 8.42 Å². The molecule has 1 aromatic heterocycles. The molecule has 0 fully saturated rings. The Balaban J connectivity index is 2.18. The lowest BCUT2D eigenvalue weighted by Gasteiger charge is -2.16. The summed E-state index contributed by atoms with van der Waals surface area (Å²) in [4.78, 5) is 8.79. The zero-order valence-corrected chi connectivity index (χ0v) is 17.3. The predicted octanol–water partition coefficient (Wildman–Crippen LogP) is 3.63. The summed E-state index contributed by atoms with van der Waals surface area (Å²) < 4.78 is 42.8. The number of sulfonamides is 1. The molecule has 0 atom stereocenters. The van der Waals surface area contributed by atoms with Gasteiger partial charge in [0.1, 0.15) is 0 Å². The molecule has 2 aromatic carbocycles. The van der Waals surface area contributed by atoms with Crippen LogP contribution in [0.3, 0.4) is 0 Å². The molecule has 29 heavy (non-hydrogen) atoms. The molecule has 0 radical (unpaired) electrons. The number of aryl methyl sites for hydroxylation is 1. The minimum absolute atomic E-state index is 0.0267. The molecule has 0 unspecified atom stereocenters. The lowest BCUT2D eigenvalue weighted by molar-refractivity contribution is 0.348. The molecule has 9 heteroatoms. The van der Waals surface area contributed by atoms with Crippen LogP contribution in [0.25, 0.3) is 11.4 Å². The number of hydrogen-bond donors (Lipinski definition) is 1. The fraction of sp³-hybridized carbons (Fsp3) is 0.200. The minimum Gasteiger partial charge on any atom is -0.493 e. The lowest BCUT2D eigenvalue weighted by Crippen LogP contribution is -2.13. The van der Waals surface area contributed by atoms with Crippen molar-refractivity contribution in [1.29, 1.82) is 0 Å². The SMILES string of the molecule is COc1ccccc1Oc1c(NS(C)(=O)=O)nc(-c2cccc(C)c2)nc1OC. The van der Waals surface area contributed by atoms with Crippen LogP contribution >= 0.6 is 0 Å². The van der Waals surface area contributed by atoms with Gasteiger partial charge in [0.15, 0.2) is 23.1 Å². The van der Waals surface area contributed by atoms with E-state index in [0.29, 0.717) is 22.9 Å². The van der Waals surface area contributed by atoms with Gasteiger partial charge in [0.25, 0.3) is 5.88 Å². The van der Waals surface area contributed by atoms with Crippen molar-refractivity contribution >= 4 is 15.8 Å². The van der Waals surface area contributed by atoms with Gasteiger partial charge in [-0.3, -0.25) is 4.72 Å². The fourth-order valence-electron chi connectivity index (χ4n) is 2.63. The third kappa shape index (κ3) is 4.94. The molecule has 0 spiro atoms. The third-order valence-corrected chi connectivity index (χ3v) is 4.43. The maximum absolute atomic E-state index is 11.9. The van der Waals surface area contributed by atoms with Gasteiger partial charge in [-0.15, -0.1) is 0 Å². The van der Waals surface area contributed by atoms with Gasteiger partial charge in [-0.05, 0) is 25.1 Å². The molecule has 1 heterocycles. The number of ether oxygens (including phenoxy) is 3. The van der Waals surface area contributed by atoms with Crippen molar-refractivity contribution < 1.29 is 22.6 Å². The highest BCUT2D eigenvalue weighted by molar-refractivity contribution is 7.92. The summed E-state index contributed by atoms with van der Waals surface area (Å²) >= 11 is 0. The molecule has 3 aromatic rings. The number of aromatic nitrogens is 2. The van der Waals surface area contributed by atoms with Crippen LogP contribution in [0.15, 0.2) is 48.5 Å². The Bertz CT molecular complexity index is 1130. The topological polar surface area (TPSA) is 99.6 Å². The van der Waals surface area contributed by atoms with Gasteiger partial charge in [0.2, 0.25) is 15.8 Å². The highest BCUT2D eigenvalue weighted by atomic mass is 32.2. The first kappa shape index (κ1) is 20.4. The summed E-state index contributed by atoms with van der Waals surface area (Å²) in [5, 5.41) is 0. The van der Waals surface area contributed by atoms with Gasteiger partial charge < -0.3 is 14.2 Å². The lowest BCUT2D eigenvalue weighted by atomic mass is 10.1. The van der Waals surface area contributed by atoms with Crippen molar-refractivity contribution in [2.45, 2.75) is 6.92 Å². The van der Waals surface area contributed by atoms with Crippen LogP contribution in [0.1, 0.15) is 5.56 Å². The molecule has 0 saturated heterocycles. The Kier molecular flexibility index (Phi) is 5.88. The van der Waals surface area contributed by atoms with Crippen molar-refractivity contribution in [3.8, 4) is 34.5 Å². The fourth-order valence-corrected chi connectivity index (χ4v) is 3.12. The summed E-state index contributed by atoms with van der Waals surface area (Å²) in [6.45, 7) is 1.94. The van der Waals surface area contributed by atoms with Crippen LogP contribution in [0.2, 0.25) is 0 Å². The number of anilines is 1. The summed E-state index contributed by atoms with van der Waals surface area (Å²) in [5.41, 5.74) is 1.72. The Hall–Kier alpha value is -3.33. The van der Waals surface area contributed by atoms with E-state index >= 15 is 0 Å². The van der Waals surface area contributed by atoms with E-state index < -0.39 is 10.0 Å². The van der Waals surface area contributed by atoms with Crippen molar-refractivity contribution in [2.24, 2.45) is 0 Å². The molecule has 1 N–H and O–H groups in total. The summed E-state index contributed by atoms with van der Waals surface area (Å²) in [7, 11) is -0.722. The van der Waals surface area contributed by atoms with Crippen LogP contribution < -0.4 is 18.9 Å². The second-order valence-corrected chi connectivity index (χ2v) is 7.98. The van der Waals surface area contributed by atoms with Gasteiger partial charge in [-0.25, -0.2) is 13.4 Å². The van der Waals surface area contributed by atoms with Crippen LogP contribution in [0, 0.1) is 6.92 Å². The van der Waals surface area contributed by atoms with Gasteiger partial charge in [0.05, 0.1) is 20.5 Å². The first-order valence-electron chi connectivity index (χ1n) is 8.62. The Morgan fingerprint density at radius 2 is 1.66 bits per heavy atom. The zero-order valence-electron chi connectivity index (χ0n) is 16.5. The predicted molar refractivity (Wildman–Crippen MR) is 110 cm³/mol. The van der Waals surface area contributed by atoms with E-state index in [-0.39, 0.29) is 17.4 Å². The highest BCUT2D eigenvalue weighted by Crippen LogP contribution is 2.41. The normalized spacial score (nSPS) is 11.0. The standard InChI is InChI=1S/C20H21N3O5S/c1-13-8-7-9-14(12-13)18-21-19(23-29(4,24)25)17(20(22-18)27-3)28-16-11-6-5-10-15(16)26-2/h5-12H,1-4H3,(H,21,22,23). The first-order chi connectivity index (χ1) is 13.8. The summed E-state index contributed by atoms with van der Waals surface area (Å²) in [6, 6.07) is 14.5. The number of rotatable bonds is 7. The average molecular weight is 415 g/mol. The molecule has 0 amide bonds. The van der Waals surface area contributed by atoms with Crippen LogP contribution in [0.4, 0.5) is 5.82 Å². The molecule has 152 valence electrons. The van der Waals surface area contributed by atoms with Crippen molar-refractivity contribution in [1.82, 2.24) is 9.97 Å². The zero-order chi connectivity index (χ0) is 21.0. The molecular formula is C20H21N3O5S.